The normalized spacial score (nSPS) is 18.3. The minimum absolute atomic E-state index is 0.0234. The SMILES string of the molecule is NC(=NN=Cc1ccco1)SC1CC(=O)N(c2cc(Cl)ccc2Cl)C1=O. The van der Waals surface area contributed by atoms with E-state index in [0.717, 1.165) is 16.7 Å². The first-order valence-corrected chi connectivity index (χ1v) is 8.98. The third kappa shape index (κ3) is 4.09. The number of amidine groups is 1. The van der Waals surface area contributed by atoms with Crippen LogP contribution in [0.2, 0.25) is 10.0 Å². The number of carbonyl (C=O) groups is 2. The number of furan rings is 1. The van der Waals surface area contributed by atoms with Crippen molar-refractivity contribution in [2.24, 2.45) is 15.9 Å². The maximum atomic E-state index is 12.6. The quantitative estimate of drug-likeness (QED) is 0.360. The van der Waals surface area contributed by atoms with E-state index < -0.39 is 11.2 Å². The van der Waals surface area contributed by atoms with Crippen molar-refractivity contribution in [1.82, 2.24) is 0 Å². The van der Waals surface area contributed by atoms with Gasteiger partial charge in [0.15, 0.2) is 5.17 Å². The van der Waals surface area contributed by atoms with Crippen molar-refractivity contribution >= 4 is 63.8 Å². The number of hydrogen-bond donors (Lipinski definition) is 1. The van der Waals surface area contributed by atoms with Crippen molar-refractivity contribution in [2.75, 3.05) is 4.90 Å². The first-order valence-electron chi connectivity index (χ1n) is 7.34. The summed E-state index contributed by atoms with van der Waals surface area (Å²) in [6.07, 6.45) is 2.86. The average Bonchev–Trinajstić information content (AvgIpc) is 3.19. The lowest BCUT2D eigenvalue weighted by atomic mass is 10.3. The molecule has 1 unspecified atom stereocenters. The molecule has 1 aromatic heterocycles. The van der Waals surface area contributed by atoms with Gasteiger partial charge in [-0.25, -0.2) is 4.90 Å². The Bertz CT molecular complexity index is 899. The molecule has 0 radical (unpaired) electrons. The maximum absolute atomic E-state index is 12.6. The molecular formula is C16H12Cl2N4O3S. The van der Waals surface area contributed by atoms with Crippen LogP contribution >= 0.6 is 35.0 Å². The topological polar surface area (TPSA) is 101 Å². The van der Waals surface area contributed by atoms with Gasteiger partial charge in [-0.1, -0.05) is 35.0 Å². The molecule has 1 fully saturated rings. The van der Waals surface area contributed by atoms with E-state index >= 15 is 0 Å². The van der Waals surface area contributed by atoms with Crippen LogP contribution in [-0.2, 0) is 9.59 Å². The molecule has 3 rings (SSSR count). The van der Waals surface area contributed by atoms with Crippen LogP contribution in [0, 0.1) is 0 Å². The second-order valence-corrected chi connectivity index (χ2v) is 7.24. The van der Waals surface area contributed by atoms with Gasteiger partial charge in [0.05, 0.1) is 23.2 Å². The number of thioether (sulfide) groups is 1. The van der Waals surface area contributed by atoms with Crippen molar-refractivity contribution in [3.63, 3.8) is 0 Å². The Labute approximate surface area is 162 Å². The molecule has 134 valence electrons. The number of hydrogen-bond acceptors (Lipinski definition) is 6. The molecule has 2 heterocycles. The van der Waals surface area contributed by atoms with Crippen LogP contribution < -0.4 is 10.6 Å². The lowest BCUT2D eigenvalue weighted by molar-refractivity contribution is -0.121. The van der Waals surface area contributed by atoms with Gasteiger partial charge in [-0.3, -0.25) is 9.59 Å². The monoisotopic (exact) mass is 410 g/mol. The van der Waals surface area contributed by atoms with E-state index in [1.54, 1.807) is 18.2 Å². The van der Waals surface area contributed by atoms with Crippen molar-refractivity contribution in [1.29, 1.82) is 0 Å². The molecule has 1 aromatic carbocycles. The molecule has 1 aliphatic rings. The molecule has 0 aliphatic carbocycles. The number of imide groups is 1. The molecule has 1 atom stereocenters. The van der Waals surface area contributed by atoms with E-state index in [9.17, 15) is 9.59 Å². The van der Waals surface area contributed by atoms with Gasteiger partial charge in [0, 0.05) is 11.4 Å². The molecule has 1 aliphatic heterocycles. The molecule has 0 saturated carbocycles. The summed E-state index contributed by atoms with van der Waals surface area (Å²) in [4.78, 5) is 25.9. The van der Waals surface area contributed by atoms with E-state index in [-0.39, 0.29) is 28.2 Å². The fourth-order valence-corrected chi connectivity index (χ4v) is 3.47. The minimum atomic E-state index is -0.708. The summed E-state index contributed by atoms with van der Waals surface area (Å²) in [6.45, 7) is 0. The summed E-state index contributed by atoms with van der Waals surface area (Å²) in [5.74, 6) is -0.304. The van der Waals surface area contributed by atoms with Gasteiger partial charge < -0.3 is 10.2 Å². The summed E-state index contributed by atoms with van der Waals surface area (Å²) in [5.41, 5.74) is 6.03. The molecule has 26 heavy (non-hydrogen) atoms. The lowest BCUT2D eigenvalue weighted by Gasteiger charge is -2.16. The Morgan fingerprint density at radius 1 is 1.35 bits per heavy atom. The Morgan fingerprint density at radius 3 is 2.88 bits per heavy atom. The van der Waals surface area contributed by atoms with Crippen LogP contribution in [0.1, 0.15) is 12.2 Å². The van der Waals surface area contributed by atoms with Gasteiger partial charge >= 0.3 is 0 Å². The Hall–Kier alpha value is -2.29. The largest absolute Gasteiger partial charge is 0.463 e. The fourth-order valence-electron chi connectivity index (χ4n) is 2.28. The number of anilines is 1. The molecule has 0 spiro atoms. The summed E-state index contributed by atoms with van der Waals surface area (Å²) >= 11 is 13.0. The Morgan fingerprint density at radius 2 is 2.15 bits per heavy atom. The zero-order valence-corrected chi connectivity index (χ0v) is 15.5. The van der Waals surface area contributed by atoms with E-state index in [1.165, 1.54) is 24.6 Å². The molecular weight excluding hydrogens is 399 g/mol. The molecule has 0 bridgehead atoms. The van der Waals surface area contributed by atoms with Crippen molar-refractivity contribution in [2.45, 2.75) is 11.7 Å². The van der Waals surface area contributed by atoms with E-state index in [4.69, 9.17) is 33.4 Å². The molecule has 10 heteroatoms. The van der Waals surface area contributed by atoms with E-state index in [2.05, 4.69) is 10.2 Å². The van der Waals surface area contributed by atoms with E-state index in [0.29, 0.717) is 10.8 Å². The third-order valence-corrected chi connectivity index (χ3v) is 4.93. The van der Waals surface area contributed by atoms with Crippen molar-refractivity contribution in [3.05, 3.63) is 52.4 Å². The summed E-state index contributed by atoms with van der Waals surface area (Å²) < 4.78 is 5.07. The molecule has 1 saturated heterocycles. The van der Waals surface area contributed by atoms with Gasteiger partial charge in [-0.15, -0.1) is 5.10 Å². The lowest BCUT2D eigenvalue weighted by Crippen LogP contribution is -2.32. The van der Waals surface area contributed by atoms with Crippen LogP contribution in [0.3, 0.4) is 0 Å². The number of amides is 2. The number of rotatable bonds is 4. The third-order valence-electron chi connectivity index (χ3n) is 3.40. The standard InChI is InChI=1S/C16H12Cl2N4O3S/c17-9-3-4-11(18)12(6-9)22-14(23)7-13(15(22)24)26-16(19)21-20-8-10-2-1-5-25-10/h1-6,8,13H,7H2,(H2,19,21). The van der Waals surface area contributed by atoms with E-state index in [1.807, 2.05) is 0 Å². The minimum Gasteiger partial charge on any atom is -0.463 e. The number of nitrogens with zero attached hydrogens (tertiary/aromatic N) is 3. The average molecular weight is 411 g/mol. The van der Waals surface area contributed by atoms with Gasteiger partial charge in [0.2, 0.25) is 11.8 Å². The Balaban J connectivity index is 1.71. The van der Waals surface area contributed by atoms with Gasteiger partial charge in [0.1, 0.15) is 11.0 Å². The first-order chi connectivity index (χ1) is 12.5. The summed E-state index contributed by atoms with van der Waals surface area (Å²) in [6, 6.07) is 7.99. The second-order valence-electron chi connectivity index (χ2n) is 5.17. The Kier molecular flexibility index (Phi) is 5.65. The maximum Gasteiger partial charge on any atom is 0.247 e. The zero-order valence-electron chi connectivity index (χ0n) is 13.1. The van der Waals surface area contributed by atoms with Crippen LogP contribution in [0.5, 0.6) is 0 Å². The number of carbonyl (C=O) groups excluding carboxylic acids is 2. The fraction of sp³-hybridized carbons (Fsp3) is 0.125. The first kappa shape index (κ1) is 18.5. The highest BCUT2D eigenvalue weighted by Crippen LogP contribution is 2.35. The smallest absolute Gasteiger partial charge is 0.247 e. The van der Waals surface area contributed by atoms with Crippen molar-refractivity contribution < 1.29 is 14.0 Å². The van der Waals surface area contributed by atoms with Crippen LogP contribution in [0.25, 0.3) is 0 Å². The van der Waals surface area contributed by atoms with Gasteiger partial charge in [0.25, 0.3) is 0 Å². The van der Waals surface area contributed by atoms with Gasteiger partial charge in [-0.2, -0.15) is 5.10 Å². The predicted octanol–water partition coefficient (Wildman–Crippen LogP) is 3.30. The predicted molar refractivity (Wildman–Crippen MR) is 103 cm³/mol. The summed E-state index contributed by atoms with van der Waals surface area (Å²) in [7, 11) is 0. The number of halogens is 2. The van der Waals surface area contributed by atoms with Gasteiger partial charge in [-0.05, 0) is 30.3 Å². The highest BCUT2D eigenvalue weighted by molar-refractivity contribution is 8.14. The molecule has 2 aromatic rings. The zero-order chi connectivity index (χ0) is 18.7. The van der Waals surface area contributed by atoms with Crippen LogP contribution in [-0.4, -0.2) is 28.4 Å². The molecule has 7 nitrogen and oxygen atoms in total. The highest BCUT2D eigenvalue weighted by atomic mass is 35.5. The second kappa shape index (κ2) is 7.94. The van der Waals surface area contributed by atoms with Crippen LogP contribution in [0.15, 0.2) is 51.2 Å². The molecule has 2 N–H and O–H groups in total. The van der Waals surface area contributed by atoms with Crippen molar-refractivity contribution in [3.8, 4) is 0 Å². The van der Waals surface area contributed by atoms with Crippen LogP contribution in [0.4, 0.5) is 5.69 Å². The number of benzene rings is 1. The summed E-state index contributed by atoms with van der Waals surface area (Å²) in [5, 5.41) is 7.54. The molecule has 2 amide bonds. The highest BCUT2D eigenvalue weighted by Gasteiger charge is 2.41. The number of nitrogens with two attached hydrogens (primary N) is 1.